The maximum atomic E-state index is 12.8. The van der Waals surface area contributed by atoms with E-state index in [2.05, 4.69) is 34.6 Å². The van der Waals surface area contributed by atoms with Gasteiger partial charge in [0.1, 0.15) is 42.2 Å². The molecule has 8 fully saturated rings. The molecule has 5 N–H and O–H groups in total. The second-order valence-corrected chi connectivity index (χ2v) is 19.3. The van der Waals surface area contributed by atoms with E-state index in [1.165, 1.54) is 6.92 Å². The van der Waals surface area contributed by atoms with Gasteiger partial charge >= 0.3 is 5.97 Å². The van der Waals surface area contributed by atoms with Gasteiger partial charge in [0.25, 0.3) is 0 Å². The number of carbonyl (C=O) groups excluding carboxylic acids is 1. The minimum atomic E-state index is -1.47. The molecule has 3 saturated heterocycles. The smallest absolute Gasteiger partial charge is 0.303 e. The Labute approximate surface area is 290 Å². The lowest BCUT2D eigenvalue weighted by Crippen LogP contribution is -2.62. The van der Waals surface area contributed by atoms with E-state index >= 15 is 0 Å². The number of aliphatic hydroxyl groups excluding tert-OH is 5. The molecule has 0 radical (unpaired) electrons. The van der Waals surface area contributed by atoms with Crippen molar-refractivity contribution in [2.24, 2.45) is 50.7 Å². The number of rotatable bonds is 5. The minimum Gasteiger partial charge on any atom is -0.457 e. The summed E-state index contributed by atoms with van der Waals surface area (Å²) in [6.45, 7) is 16.3. The number of esters is 1. The molecule has 18 atom stereocenters. The molecule has 11 heteroatoms. The number of ether oxygens (including phenoxy) is 5. The second-order valence-electron chi connectivity index (χ2n) is 19.3. The Kier molecular flexibility index (Phi) is 7.62. The fourth-order valence-electron chi connectivity index (χ4n) is 14.7. The van der Waals surface area contributed by atoms with Crippen LogP contribution < -0.4 is 0 Å². The highest BCUT2D eigenvalue weighted by molar-refractivity contribution is 5.66. The number of fused-ring (bicyclic) bond motifs is 4. The van der Waals surface area contributed by atoms with Gasteiger partial charge in [-0.05, 0) is 105 Å². The maximum Gasteiger partial charge on any atom is 0.303 e. The molecule has 0 unspecified atom stereocenters. The Hall–Kier alpha value is -0.890. The standard InChI is InChI=1S/C38H60O11/c1-18-15-20-29(33(5,6)47-19(2)40)49-38(48-20)28(18)34(7)13-14-37-17-36(37)12-11-24(46-30-27(43)26(42)25(41)21(16-39)45-30)32(3,4)22(36)9-10-23(37)35(34,8)31(38)44/h18,20-31,39,41-44H,9-17H2,1-8H3/t18-,20-,21-,22+,23+,24+,25+,26+,27-,28-,29+,30+,31-,34-,35-,36-,37+,38+/m1/s1. The van der Waals surface area contributed by atoms with Crippen LogP contribution in [0, 0.1) is 50.7 Å². The summed E-state index contributed by atoms with van der Waals surface area (Å²) < 4.78 is 32.0. The van der Waals surface area contributed by atoms with Crippen molar-refractivity contribution in [3.8, 4) is 0 Å². The normalized spacial score (nSPS) is 58.4. The average molecular weight is 693 g/mol. The summed E-state index contributed by atoms with van der Waals surface area (Å²) in [6, 6.07) is 0. The summed E-state index contributed by atoms with van der Waals surface area (Å²) in [7, 11) is 0. The van der Waals surface area contributed by atoms with Crippen molar-refractivity contribution >= 4 is 5.97 Å². The van der Waals surface area contributed by atoms with E-state index in [9.17, 15) is 30.3 Å². The Morgan fingerprint density at radius 1 is 0.898 bits per heavy atom. The van der Waals surface area contributed by atoms with Crippen molar-refractivity contribution in [1.82, 2.24) is 0 Å². The van der Waals surface area contributed by atoms with Gasteiger partial charge in [0.05, 0.1) is 18.8 Å². The number of carbonyl (C=O) groups is 1. The molecule has 5 saturated carbocycles. The zero-order valence-corrected chi connectivity index (χ0v) is 30.6. The number of hydrogen-bond donors (Lipinski definition) is 5. The van der Waals surface area contributed by atoms with Crippen LogP contribution in [0.5, 0.6) is 0 Å². The van der Waals surface area contributed by atoms with Crippen molar-refractivity contribution < 1.29 is 54.0 Å². The van der Waals surface area contributed by atoms with Crippen LogP contribution in [0.3, 0.4) is 0 Å². The molecule has 3 spiro atoms. The molecule has 11 nitrogen and oxygen atoms in total. The lowest BCUT2D eigenvalue weighted by Gasteiger charge is -2.63. The van der Waals surface area contributed by atoms with Crippen LogP contribution in [0.1, 0.15) is 107 Å². The van der Waals surface area contributed by atoms with Gasteiger partial charge in [0, 0.05) is 18.3 Å². The van der Waals surface area contributed by atoms with Crippen molar-refractivity contribution in [3.05, 3.63) is 0 Å². The largest absolute Gasteiger partial charge is 0.457 e. The molecule has 8 rings (SSSR count). The maximum absolute atomic E-state index is 12.8. The first kappa shape index (κ1) is 35.2. The topological polar surface area (TPSA) is 164 Å². The van der Waals surface area contributed by atoms with E-state index in [0.717, 1.165) is 51.4 Å². The minimum absolute atomic E-state index is 0.0123. The second kappa shape index (κ2) is 10.6. The third-order valence-corrected chi connectivity index (χ3v) is 16.7. The Morgan fingerprint density at radius 3 is 2.24 bits per heavy atom. The Morgan fingerprint density at radius 2 is 1.57 bits per heavy atom. The van der Waals surface area contributed by atoms with E-state index in [1.807, 2.05) is 13.8 Å². The molecule has 278 valence electrons. The van der Waals surface area contributed by atoms with Crippen molar-refractivity contribution in [3.63, 3.8) is 0 Å². The molecule has 3 aliphatic heterocycles. The van der Waals surface area contributed by atoms with Gasteiger partial charge in [-0.25, -0.2) is 0 Å². The zero-order valence-electron chi connectivity index (χ0n) is 30.6. The lowest BCUT2D eigenvalue weighted by molar-refractivity contribution is -0.326. The van der Waals surface area contributed by atoms with E-state index < -0.39 is 66.3 Å². The van der Waals surface area contributed by atoms with Crippen LogP contribution in [-0.4, -0.2) is 105 Å². The molecule has 3 heterocycles. The first-order valence-corrected chi connectivity index (χ1v) is 19.0. The number of hydrogen-bond acceptors (Lipinski definition) is 11. The zero-order chi connectivity index (χ0) is 35.5. The fourth-order valence-corrected chi connectivity index (χ4v) is 14.7. The average Bonchev–Trinajstić information content (AvgIpc) is 3.53. The van der Waals surface area contributed by atoms with E-state index in [0.29, 0.717) is 11.8 Å². The first-order valence-electron chi connectivity index (χ1n) is 19.0. The molecule has 8 aliphatic rings. The summed E-state index contributed by atoms with van der Waals surface area (Å²) in [4.78, 5) is 12.1. The van der Waals surface area contributed by atoms with Crippen molar-refractivity contribution in [1.29, 1.82) is 0 Å². The van der Waals surface area contributed by atoms with Crippen LogP contribution in [0.15, 0.2) is 0 Å². The summed E-state index contributed by atoms with van der Waals surface area (Å²) in [6.07, 6.45) is -0.517. The monoisotopic (exact) mass is 692 g/mol. The van der Waals surface area contributed by atoms with Crippen LogP contribution in [-0.2, 0) is 28.5 Å². The molecule has 2 bridgehead atoms. The highest BCUT2D eigenvalue weighted by Crippen LogP contribution is 2.90. The lowest BCUT2D eigenvalue weighted by atomic mass is 9.41. The van der Waals surface area contributed by atoms with Gasteiger partial charge in [-0.1, -0.05) is 34.6 Å². The van der Waals surface area contributed by atoms with Crippen LogP contribution in [0.2, 0.25) is 0 Å². The predicted octanol–water partition coefficient (Wildman–Crippen LogP) is 3.05. The molecule has 0 aromatic carbocycles. The number of aliphatic hydroxyl groups is 5. The molecule has 5 aliphatic carbocycles. The summed E-state index contributed by atoms with van der Waals surface area (Å²) in [5.74, 6) is -0.561. The Bertz CT molecular complexity index is 1370. The summed E-state index contributed by atoms with van der Waals surface area (Å²) in [5.41, 5.74) is -1.59. The van der Waals surface area contributed by atoms with Crippen LogP contribution in [0.4, 0.5) is 0 Å². The van der Waals surface area contributed by atoms with Crippen LogP contribution in [0.25, 0.3) is 0 Å². The van der Waals surface area contributed by atoms with Gasteiger partial charge in [0.15, 0.2) is 12.1 Å². The van der Waals surface area contributed by atoms with Gasteiger partial charge in [-0.15, -0.1) is 0 Å². The molecule has 0 amide bonds. The Balaban J connectivity index is 1.08. The SMILES string of the molecule is CC(=O)OC(C)(C)[C@H]1O[C@@]23O[C@@H]1C[C@@H](C)[C@@H]2[C@@]1(C)CC[C@@]24C[C@@]25CC[C@H](O[C@@H]2O[C@H](CO)[C@H](O)[C@H](O)[C@H]2O)C(C)(C)[C@@H]5CC[C@H]4[C@]1(C)[C@H]3O. The predicted molar refractivity (Wildman–Crippen MR) is 174 cm³/mol. The third-order valence-electron chi connectivity index (χ3n) is 16.7. The third kappa shape index (κ3) is 4.14. The summed E-state index contributed by atoms with van der Waals surface area (Å²) in [5, 5.41) is 54.1. The van der Waals surface area contributed by atoms with Gasteiger partial charge in [-0.2, -0.15) is 0 Å². The molecule has 0 aromatic rings. The molecular formula is C38H60O11. The summed E-state index contributed by atoms with van der Waals surface area (Å²) >= 11 is 0. The fraction of sp³-hybridized carbons (Fsp3) is 0.974. The molecule has 0 aromatic heterocycles. The first-order chi connectivity index (χ1) is 22.8. The van der Waals surface area contributed by atoms with E-state index in [-0.39, 0.29) is 51.7 Å². The van der Waals surface area contributed by atoms with Gasteiger partial charge in [0.2, 0.25) is 0 Å². The van der Waals surface area contributed by atoms with Crippen molar-refractivity contribution in [2.45, 2.75) is 173 Å². The molecule has 49 heavy (non-hydrogen) atoms. The van der Waals surface area contributed by atoms with E-state index in [1.54, 1.807) is 0 Å². The quantitative estimate of drug-likeness (QED) is 0.213. The van der Waals surface area contributed by atoms with Gasteiger partial charge < -0.3 is 49.2 Å². The van der Waals surface area contributed by atoms with E-state index in [4.69, 9.17) is 23.7 Å². The highest BCUT2D eigenvalue weighted by atomic mass is 16.8. The van der Waals surface area contributed by atoms with Crippen LogP contribution >= 0.6 is 0 Å². The molecular weight excluding hydrogens is 632 g/mol. The van der Waals surface area contributed by atoms with Crippen molar-refractivity contribution in [2.75, 3.05) is 6.61 Å². The van der Waals surface area contributed by atoms with Gasteiger partial charge in [-0.3, -0.25) is 4.79 Å². The highest BCUT2D eigenvalue weighted by Gasteiger charge is 2.88.